The SMILES string of the molecule is c1ccc(SCc2nccc3ccccc23)cc1. The first-order chi connectivity index (χ1) is 8.93. The number of pyridine rings is 1. The van der Waals surface area contributed by atoms with Crippen molar-refractivity contribution < 1.29 is 0 Å². The van der Waals surface area contributed by atoms with E-state index in [0.717, 1.165) is 11.4 Å². The van der Waals surface area contributed by atoms with Gasteiger partial charge in [0.2, 0.25) is 0 Å². The van der Waals surface area contributed by atoms with Crippen LogP contribution in [0.1, 0.15) is 5.69 Å². The zero-order chi connectivity index (χ0) is 12.2. The molecule has 0 aliphatic rings. The topological polar surface area (TPSA) is 12.9 Å². The molecule has 0 atom stereocenters. The van der Waals surface area contributed by atoms with Crippen LogP contribution < -0.4 is 0 Å². The maximum Gasteiger partial charge on any atom is 0.0584 e. The molecular formula is C16H13NS. The average molecular weight is 251 g/mol. The Morgan fingerprint density at radius 3 is 2.50 bits per heavy atom. The van der Waals surface area contributed by atoms with Crippen molar-refractivity contribution in [2.45, 2.75) is 10.6 Å². The zero-order valence-corrected chi connectivity index (χ0v) is 10.7. The Hall–Kier alpha value is -1.80. The van der Waals surface area contributed by atoms with Gasteiger partial charge in [-0.3, -0.25) is 4.98 Å². The van der Waals surface area contributed by atoms with Gasteiger partial charge < -0.3 is 0 Å². The lowest BCUT2D eigenvalue weighted by atomic mass is 10.1. The molecule has 0 amide bonds. The normalized spacial score (nSPS) is 10.7. The number of aromatic nitrogens is 1. The largest absolute Gasteiger partial charge is 0.260 e. The molecule has 1 heterocycles. The molecule has 0 saturated carbocycles. The molecule has 1 aromatic heterocycles. The summed E-state index contributed by atoms with van der Waals surface area (Å²) in [5, 5.41) is 2.51. The number of hydrogen-bond acceptors (Lipinski definition) is 2. The molecular weight excluding hydrogens is 238 g/mol. The van der Waals surface area contributed by atoms with Crippen molar-refractivity contribution in [3.8, 4) is 0 Å². The van der Waals surface area contributed by atoms with E-state index < -0.39 is 0 Å². The van der Waals surface area contributed by atoms with Crippen molar-refractivity contribution in [1.82, 2.24) is 4.98 Å². The van der Waals surface area contributed by atoms with Gasteiger partial charge in [-0.25, -0.2) is 0 Å². The van der Waals surface area contributed by atoms with Gasteiger partial charge in [-0.05, 0) is 23.6 Å². The fraction of sp³-hybridized carbons (Fsp3) is 0.0625. The molecule has 3 aromatic rings. The molecule has 0 saturated heterocycles. The van der Waals surface area contributed by atoms with Crippen LogP contribution in [0.2, 0.25) is 0 Å². The summed E-state index contributed by atoms with van der Waals surface area (Å²) in [7, 11) is 0. The monoisotopic (exact) mass is 251 g/mol. The molecule has 0 fully saturated rings. The lowest BCUT2D eigenvalue weighted by Crippen LogP contribution is -1.88. The number of benzene rings is 2. The third-order valence-electron chi connectivity index (χ3n) is 2.87. The zero-order valence-electron chi connectivity index (χ0n) is 9.91. The minimum absolute atomic E-state index is 0.908. The van der Waals surface area contributed by atoms with E-state index in [1.165, 1.54) is 15.7 Å². The Balaban J connectivity index is 1.87. The van der Waals surface area contributed by atoms with Crippen LogP contribution in [-0.4, -0.2) is 4.98 Å². The van der Waals surface area contributed by atoms with Crippen molar-refractivity contribution in [1.29, 1.82) is 0 Å². The number of nitrogens with zero attached hydrogens (tertiary/aromatic N) is 1. The quantitative estimate of drug-likeness (QED) is 0.634. The number of hydrogen-bond donors (Lipinski definition) is 0. The highest BCUT2D eigenvalue weighted by Crippen LogP contribution is 2.25. The van der Waals surface area contributed by atoms with Gasteiger partial charge in [0.25, 0.3) is 0 Å². The molecule has 0 bridgehead atoms. The third kappa shape index (κ3) is 2.39. The number of thioether (sulfide) groups is 1. The predicted molar refractivity (Wildman–Crippen MR) is 77.7 cm³/mol. The van der Waals surface area contributed by atoms with Crippen LogP contribution in [0.25, 0.3) is 10.8 Å². The Morgan fingerprint density at radius 1 is 0.833 bits per heavy atom. The molecule has 88 valence electrons. The van der Waals surface area contributed by atoms with Crippen molar-refractivity contribution >= 4 is 22.5 Å². The van der Waals surface area contributed by atoms with E-state index in [1.807, 2.05) is 24.0 Å². The lowest BCUT2D eigenvalue weighted by molar-refractivity contribution is 1.21. The smallest absolute Gasteiger partial charge is 0.0584 e. The predicted octanol–water partition coefficient (Wildman–Crippen LogP) is 4.53. The van der Waals surface area contributed by atoms with Crippen LogP contribution in [0.15, 0.2) is 71.8 Å². The average Bonchev–Trinajstić information content (AvgIpc) is 2.46. The second kappa shape index (κ2) is 5.23. The second-order valence-electron chi connectivity index (χ2n) is 4.08. The third-order valence-corrected chi connectivity index (χ3v) is 3.90. The van der Waals surface area contributed by atoms with E-state index in [-0.39, 0.29) is 0 Å². The Labute approximate surface area is 111 Å². The first-order valence-corrected chi connectivity index (χ1v) is 6.92. The second-order valence-corrected chi connectivity index (χ2v) is 5.13. The summed E-state index contributed by atoms with van der Waals surface area (Å²) < 4.78 is 0. The molecule has 0 spiro atoms. The Morgan fingerprint density at radius 2 is 1.61 bits per heavy atom. The minimum Gasteiger partial charge on any atom is -0.260 e. The van der Waals surface area contributed by atoms with Crippen LogP contribution in [0.5, 0.6) is 0 Å². The molecule has 0 unspecified atom stereocenters. The summed E-state index contributed by atoms with van der Waals surface area (Å²) in [6.07, 6.45) is 1.89. The summed E-state index contributed by atoms with van der Waals surface area (Å²) >= 11 is 1.83. The van der Waals surface area contributed by atoms with Crippen molar-refractivity contribution in [3.63, 3.8) is 0 Å². The van der Waals surface area contributed by atoms with Crippen LogP contribution in [-0.2, 0) is 5.75 Å². The summed E-state index contributed by atoms with van der Waals surface area (Å²) in [5.74, 6) is 0.908. The fourth-order valence-corrected chi connectivity index (χ4v) is 2.85. The summed E-state index contributed by atoms with van der Waals surface area (Å²) in [4.78, 5) is 5.79. The van der Waals surface area contributed by atoms with Gasteiger partial charge >= 0.3 is 0 Å². The molecule has 0 N–H and O–H groups in total. The first kappa shape index (κ1) is 11.3. The van der Waals surface area contributed by atoms with E-state index in [9.17, 15) is 0 Å². The number of rotatable bonds is 3. The van der Waals surface area contributed by atoms with Crippen LogP contribution in [0.3, 0.4) is 0 Å². The highest BCUT2D eigenvalue weighted by Gasteiger charge is 2.02. The van der Waals surface area contributed by atoms with E-state index in [0.29, 0.717) is 0 Å². The van der Waals surface area contributed by atoms with Crippen molar-refractivity contribution in [3.05, 3.63) is 72.6 Å². The molecule has 3 rings (SSSR count). The molecule has 0 aliphatic heterocycles. The van der Waals surface area contributed by atoms with E-state index in [4.69, 9.17) is 0 Å². The Bertz CT molecular complexity index is 644. The number of fused-ring (bicyclic) bond motifs is 1. The summed E-state index contributed by atoms with van der Waals surface area (Å²) in [6.45, 7) is 0. The van der Waals surface area contributed by atoms with Gasteiger partial charge in [0.1, 0.15) is 0 Å². The Kier molecular flexibility index (Phi) is 3.29. The van der Waals surface area contributed by atoms with Gasteiger partial charge in [-0.15, -0.1) is 11.8 Å². The van der Waals surface area contributed by atoms with Gasteiger partial charge in [-0.1, -0.05) is 42.5 Å². The van der Waals surface area contributed by atoms with E-state index in [2.05, 4.69) is 59.6 Å². The van der Waals surface area contributed by atoms with Crippen LogP contribution >= 0.6 is 11.8 Å². The summed E-state index contributed by atoms with van der Waals surface area (Å²) in [6, 6.07) is 20.9. The molecule has 0 aliphatic carbocycles. The van der Waals surface area contributed by atoms with Crippen molar-refractivity contribution in [2.24, 2.45) is 0 Å². The molecule has 18 heavy (non-hydrogen) atoms. The lowest BCUT2D eigenvalue weighted by Gasteiger charge is -2.05. The fourth-order valence-electron chi connectivity index (χ4n) is 1.97. The van der Waals surface area contributed by atoms with Crippen molar-refractivity contribution in [2.75, 3.05) is 0 Å². The summed E-state index contributed by atoms with van der Waals surface area (Å²) in [5.41, 5.74) is 1.15. The highest BCUT2D eigenvalue weighted by molar-refractivity contribution is 7.98. The van der Waals surface area contributed by atoms with E-state index in [1.54, 1.807) is 0 Å². The maximum atomic E-state index is 4.50. The van der Waals surface area contributed by atoms with Gasteiger partial charge in [-0.2, -0.15) is 0 Å². The van der Waals surface area contributed by atoms with Gasteiger partial charge in [0, 0.05) is 22.2 Å². The van der Waals surface area contributed by atoms with Crippen LogP contribution in [0, 0.1) is 0 Å². The molecule has 0 radical (unpaired) electrons. The minimum atomic E-state index is 0.908. The molecule has 2 heteroatoms. The standard InChI is InChI=1S/C16H13NS/c1-2-7-14(8-3-1)18-12-16-15-9-5-4-6-13(15)10-11-17-16/h1-11H,12H2. The van der Waals surface area contributed by atoms with E-state index >= 15 is 0 Å². The first-order valence-electron chi connectivity index (χ1n) is 5.94. The van der Waals surface area contributed by atoms with Crippen LogP contribution in [0.4, 0.5) is 0 Å². The maximum absolute atomic E-state index is 4.50. The molecule has 1 nitrogen and oxygen atoms in total. The molecule has 2 aromatic carbocycles. The van der Waals surface area contributed by atoms with Gasteiger partial charge in [0.05, 0.1) is 5.69 Å². The highest BCUT2D eigenvalue weighted by atomic mass is 32.2. The van der Waals surface area contributed by atoms with Gasteiger partial charge in [0.15, 0.2) is 0 Å².